The number of methoxy groups -OCH3 is 1. The molecule has 1 aromatic heterocycles. The van der Waals surface area contributed by atoms with E-state index in [1.807, 2.05) is 31.2 Å². The molecular formula is C16H19N3O2. The molecule has 0 saturated carbocycles. The molecule has 0 spiro atoms. The number of hydrogen-bond acceptors (Lipinski definition) is 4. The van der Waals surface area contributed by atoms with Crippen molar-refractivity contribution in [1.82, 2.24) is 4.98 Å². The highest BCUT2D eigenvalue weighted by Gasteiger charge is 2.10. The second kappa shape index (κ2) is 6.85. The van der Waals surface area contributed by atoms with Crippen molar-refractivity contribution in [3.63, 3.8) is 0 Å². The minimum absolute atomic E-state index is 0.0609. The Kier molecular flexibility index (Phi) is 4.90. The standard InChI is InChI=1S/C16H19N3O2/c1-11-3-8-14(15(17)18)16(19-11)21-13-6-4-12(5-7-13)9-10-20-2/h3-8H,9-10H2,1-2H3,(H3,17,18). The number of pyridine rings is 1. The topological polar surface area (TPSA) is 81.2 Å². The minimum Gasteiger partial charge on any atom is -0.438 e. The van der Waals surface area contributed by atoms with E-state index >= 15 is 0 Å². The number of hydrogen-bond donors (Lipinski definition) is 2. The van der Waals surface area contributed by atoms with E-state index in [0.29, 0.717) is 23.8 Å². The summed E-state index contributed by atoms with van der Waals surface area (Å²) in [5, 5.41) is 7.57. The Balaban J connectivity index is 2.18. The van der Waals surface area contributed by atoms with Gasteiger partial charge in [0.25, 0.3) is 0 Å². The summed E-state index contributed by atoms with van der Waals surface area (Å²) in [6.45, 7) is 2.55. The molecule has 0 aliphatic rings. The highest BCUT2D eigenvalue weighted by Crippen LogP contribution is 2.24. The van der Waals surface area contributed by atoms with E-state index in [2.05, 4.69) is 4.98 Å². The SMILES string of the molecule is COCCc1ccc(Oc2nc(C)ccc2C(=N)N)cc1. The number of rotatable bonds is 6. The Morgan fingerprint density at radius 1 is 1.19 bits per heavy atom. The fraction of sp³-hybridized carbons (Fsp3) is 0.250. The summed E-state index contributed by atoms with van der Waals surface area (Å²) in [6.07, 6.45) is 0.859. The largest absolute Gasteiger partial charge is 0.438 e. The quantitative estimate of drug-likeness (QED) is 0.631. The fourth-order valence-corrected chi connectivity index (χ4v) is 1.87. The number of ether oxygens (including phenoxy) is 2. The first-order valence-electron chi connectivity index (χ1n) is 6.68. The third-order valence-corrected chi connectivity index (χ3v) is 3.02. The Morgan fingerprint density at radius 3 is 2.52 bits per heavy atom. The first-order chi connectivity index (χ1) is 10.1. The predicted octanol–water partition coefficient (Wildman–Crippen LogP) is 2.66. The second-order valence-corrected chi connectivity index (χ2v) is 4.71. The molecule has 1 aromatic carbocycles. The van der Waals surface area contributed by atoms with E-state index in [1.165, 1.54) is 5.56 Å². The number of nitrogens with two attached hydrogens (primary N) is 1. The minimum atomic E-state index is -0.0609. The normalized spacial score (nSPS) is 10.4. The van der Waals surface area contributed by atoms with Crippen molar-refractivity contribution in [3.05, 3.63) is 53.2 Å². The van der Waals surface area contributed by atoms with Gasteiger partial charge in [0.05, 0.1) is 12.2 Å². The third-order valence-electron chi connectivity index (χ3n) is 3.02. The van der Waals surface area contributed by atoms with Crippen molar-refractivity contribution in [2.45, 2.75) is 13.3 Å². The van der Waals surface area contributed by atoms with Gasteiger partial charge in [0.2, 0.25) is 5.88 Å². The van der Waals surface area contributed by atoms with Crippen molar-refractivity contribution in [2.75, 3.05) is 13.7 Å². The molecule has 3 N–H and O–H groups in total. The van der Waals surface area contributed by atoms with Crippen LogP contribution in [-0.4, -0.2) is 24.5 Å². The summed E-state index contributed by atoms with van der Waals surface area (Å²) in [7, 11) is 1.68. The van der Waals surface area contributed by atoms with Gasteiger partial charge in [-0.1, -0.05) is 12.1 Å². The zero-order valence-corrected chi connectivity index (χ0v) is 12.2. The molecule has 0 aliphatic heterocycles. The van der Waals surface area contributed by atoms with Crippen molar-refractivity contribution >= 4 is 5.84 Å². The second-order valence-electron chi connectivity index (χ2n) is 4.71. The molecule has 0 radical (unpaired) electrons. The molecule has 0 saturated heterocycles. The van der Waals surface area contributed by atoms with Gasteiger partial charge in [-0.3, -0.25) is 5.41 Å². The highest BCUT2D eigenvalue weighted by molar-refractivity contribution is 5.97. The number of nitrogens with zero attached hydrogens (tertiary/aromatic N) is 1. The number of nitrogens with one attached hydrogen (secondary N) is 1. The van der Waals surface area contributed by atoms with Gasteiger partial charge in [0, 0.05) is 12.8 Å². The molecule has 0 unspecified atom stereocenters. The van der Waals surface area contributed by atoms with Crippen LogP contribution in [0.2, 0.25) is 0 Å². The van der Waals surface area contributed by atoms with E-state index < -0.39 is 0 Å². The summed E-state index contributed by atoms with van der Waals surface area (Å²) in [4.78, 5) is 4.30. The maximum Gasteiger partial charge on any atom is 0.230 e. The summed E-state index contributed by atoms with van der Waals surface area (Å²) in [6, 6.07) is 11.3. The van der Waals surface area contributed by atoms with Crippen LogP contribution in [0.4, 0.5) is 0 Å². The molecule has 110 valence electrons. The number of aryl methyl sites for hydroxylation is 1. The lowest BCUT2D eigenvalue weighted by molar-refractivity contribution is 0.202. The molecule has 5 nitrogen and oxygen atoms in total. The fourth-order valence-electron chi connectivity index (χ4n) is 1.87. The average molecular weight is 285 g/mol. The Hall–Kier alpha value is -2.40. The average Bonchev–Trinajstić information content (AvgIpc) is 2.46. The first kappa shape index (κ1) is 15.0. The monoisotopic (exact) mass is 285 g/mol. The molecule has 1 heterocycles. The van der Waals surface area contributed by atoms with Crippen LogP contribution >= 0.6 is 0 Å². The van der Waals surface area contributed by atoms with Crippen molar-refractivity contribution in [2.24, 2.45) is 5.73 Å². The zero-order chi connectivity index (χ0) is 15.2. The molecule has 2 rings (SSSR count). The lowest BCUT2D eigenvalue weighted by Crippen LogP contribution is -2.13. The Morgan fingerprint density at radius 2 is 1.90 bits per heavy atom. The third kappa shape index (κ3) is 4.03. The number of amidine groups is 1. The van der Waals surface area contributed by atoms with Crippen LogP contribution in [0.15, 0.2) is 36.4 Å². The summed E-state index contributed by atoms with van der Waals surface area (Å²) < 4.78 is 10.8. The molecule has 5 heteroatoms. The smallest absolute Gasteiger partial charge is 0.230 e. The van der Waals surface area contributed by atoms with Gasteiger partial charge in [-0.2, -0.15) is 0 Å². The molecule has 0 amide bonds. The highest BCUT2D eigenvalue weighted by atomic mass is 16.5. The zero-order valence-electron chi connectivity index (χ0n) is 12.2. The maximum atomic E-state index is 7.57. The van der Waals surface area contributed by atoms with Crippen LogP contribution in [-0.2, 0) is 11.2 Å². The lowest BCUT2D eigenvalue weighted by Gasteiger charge is -2.10. The van der Waals surface area contributed by atoms with Crippen LogP contribution in [0.3, 0.4) is 0 Å². The van der Waals surface area contributed by atoms with E-state index in [9.17, 15) is 0 Å². The molecule has 0 bridgehead atoms. The van der Waals surface area contributed by atoms with Gasteiger partial charge in [0.15, 0.2) is 0 Å². The van der Waals surface area contributed by atoms with Crippen LogP contribution in [0.25, 0.3) is 0 Å². The van der Waals surface area contributed by atoms with Crippen LogP contribution in [0, 0.1) is 12.3 Å². The van der Waals surface area contributed by atoms with Crippen molar-refractivity contribution in [1.29, 1.82) is 5.41 Å². The van der Waals surface area contributed by atoms with E-state index in [1.54, 1.807) is 19.2 Å². The van der Waals surface area contributed by atoms with Crippen molar-refractivity contribution < 1.29 is 9.47 Å². The summed E-state index contributed by atoms with van der Waals surface area (Å²) in [5.41, 5.74) is 8.02. The van der Waals surface area contributed by atoms with Gasteiger partial charge < -0.3 is 15.2 Å². The van der Waals surface area contributed by atoms with E-state index in [-0.39, 0.29) is 5.84 Å². The summed E-state index contributed by atoms with van der Waals surface area (Å²) >= 11 is 0. The lowest BCUT2D eigenvalue weighted by atomic mass is 10.1. The van der Waals surface area contributed by atoms with Crippen LogP contribution < -0.4 is 10.5 Å². The van der Waals surface area contributed by atoms with Crippen molar-refractivity contribution in [3.8, 4) is 11.6 Å². The van der Waals surface area contributed by atoms with E-state index in [0.717, 1.165) is 12.1 Å². The van der Waals surface area contributed by atoms with Gasteiger partial charge >= 0.3 is 0 Å². The van der Waals surface area contributed by atoms with Gasteiger partial charge in [-0.25, -0.2) is 4.98 Å². The van der Waals surface area contributed by atoms with E-state index in [4.69, 9.17) is 20.6 Å². The van der Waals surface area contributed by atoms with Crippen LogP contribution in [0.1, 0.15) is 16.8 Å². The molecule has 2 aromatic rings. The molecular weight excluding hydrogens is 266 g/mol. The number of nitrogen functional groups attached to an aromatic ring is 1. The molecule has 0 fully saturated rings. The van der Waals surface area contributed by atoms with Gasteiger partial charge in [0.1, 0.15) is 11.6 Å². The van der Waals surface area contributed by atoms with Gasteiger partial charge in [-0.05, 0) is 43.2 Å². The number of benzene rings is 1. The van der Waals surface area contributed by atoms with Crippen LogP contribution in [0.5, 0.6) is 11.6 Å². The molecule has 0 atom stereocenters. The maximum absolute atomic E-state index is 7.57. The first-order valence-corrected chi connectivity index (χ1v) is 6.68. The predicted molar refractivity (Wildman–Crippen MR) is 82.1 cm³/mol. The Bertz CT molecular complexity index is 624. The van der Waals surface area contributed by atoms with Gasteiger partial charge in [-0.15, -0.1) is 0 Å². The molecule has 21 heavy (non-hydrogen) atoms. The molecule has 0 aliphatic carbocycles. The number of aromatic nitrogens is 1. The summed E-state index contributed by atoms with van der Waals surface area (Å²) in [5.74, 6) is 0.957. The Labute approximate surface area is 124 Å².